The predicted molar refractivity (Wildman–Crippen MR) is 107 cm³/mol. The van der Waals surface area contributed by atoms with Crippen LogP contribution in [0.25, 0.3) is 0 Å². The lowest BCUT2D eigenvalue weighted by Gasteiger charge is -2.46. The van der Waals surface area contributed by atoms with E-state index < -0.39 is 0 Å². The van der Waals surface area contributed by atoms with Crippen LogP contribution < -0.4 is 0 Å². The van der Waals surface area contributed by atoms with Crippen LogP contribution in [0.3, 0.4) is 0 Å². The molecule has 1 unspecified atom stereocenters. The molecule has 1 spiro atoms. The zero-order valence-corrected chi connectivity index (χ0v) is 16.5. The molecule has 1 aromatic heterocycles. The van der Waals surface area contributed by atoms with Gasteiger partial charge in [-0.3, -0.25) is 9.78 Å². The van der Waals surface area contributed by atoms with Crippen LogP contribution in [0.15, 0.2) is 48.7 Å². The standard InChI is InChI=1S/C23H28N2O3/c1-18-7-8-20(16-24-18)22(26)25-12-10-23(11-13-25)15-21(9-14-28-23)27-17-19-5-3-2-4-6-19/h2-8,16,21H,9-15,17H2,1H3. The van der Waals surface area contributed by atoms with E-state index in [1.54, 1.807) is 6.20 Å². The number of pyridine rings is 1. The van der Waals surface area contributed by atoms with Crippen LogP contribution in [-0.2, 0) is 16.1 Å². The van der Waals surface area contributed by atoms with Gasteiger partial charge < -0.3 is 14.4 Å². The Balaban J connectivity index is 1.31. The smallest absolute Gasteiger partial charge is 0.255 e. The monoisotopic (exact) mass is 380 g/mol. The number of benzene rings is 1. The van der Waals surface area contributed by atoms with Crippen LogP contribution in [0.4, 0.5) is 0 Å². The molecule has 0 N–H and O–H groups in total. The van der Waals surface area contributed by atoms with Crippen molar-refractivity contribution in [2.75, 3.05) is 19.7 Å². The molecule has 5 nitrogen and oxygen atoms in total. The van der Waals surface area contributed by atoms with E-state index in [0.717, 1.165) is 51.1 Å². The Labute approximate surface area is 166 Å². The minimum atomic E-state index is -0.151. The maximum absolute atomic E-state index is 12.7. The fraction of sp³-hybridized carbons (Fsp3) is 0.478. The largest absolute Gasteiger partial charge is 0.375 e. The highest BCUT2D eigenvalue weighted by atomic mass is 16.5. The lowest BCUT2D eigenvalue weighted by Crippen LogP contribution is -2.52. The summed E-state index contributed by atoms with van der Waals surface area (Å²) in [6.45, 7) is 4.74. The van der Waals surface area contributed by atoms with Crippen molar-refractivity contribution in [2.24, 2.45) is 0 Å². The molecule has 148 valence electrons. The summed E-state index contributed by atoms with van der Waals surface area (Å²) in [5.41, 5.74) is 2.64. The van der Waals surface area contributed by atoms with E-state index >= 15 is 0 Å². The predicted octanol–water partition coefficient (Wildman–Crippen LogP) is 3.76. The SMILES string of the molecule is Cc1ccc(C(=O)N2CCC3(CC2)CC(OCc2ccccc2)CCO3)cn1. The third-order valence-electron chi connectivity index (χ3n) is 5.90. The number of ether oxygens (including phenoxy) is 2. The molecule has 2 aliphatic heterocycles. The van der Waals surface area contributed by atoms with Gasteiger partial charge in [-0.25, -0.2) is 0 Å². The van der Waals surface area contributed by atoms with Gasteiger partial charge in [-0.05, 0) is 43.9 Å². The van der Waals surface area contributed by atoms with Crippen molar-refractivity contribution >= 4 is 5.91 Å². The van der Waals surface area contributed by atoms with E-state index in [9.17, 15) is 4.79 Å². The normalized spacial score (nSPS) is 21.6. The van der Waals surface area contributed by atoms with E-state index in [-0.39, 0.29) is 17.6 Å². The number of rotatable bonds is 4. The van der Waals surface area contributed by atoms with Crippen molar-refractivity contribution in [1.82, 2.24) is 9.88 Å². The summed E-state index contributed by atoms with van der Waals surface area (Å²) in [5.74, 6) is 0.0648. The minimum Gasteiger partial charge on any atom is -0.375 e. The molecule has 3 heterocycles. The Morgan fingerprint density at radius 1 is 1.21 bits per heavy atom. The van der Waals surface area contributed by atoms with Gasteiger partial charge in [0.05, 0.1) is 23.9 Å². The third kappa shape index (κ3) is 4.42. The Kier molecular flexibility index (Phi) is 5.74. The molecule has 0 bridgehead atoms. The summed E-state index contributed by atoms with van der Waals surface area (Å²) >= 11 is 0. The van der Waals surface area contributed by atoms with E-state index in [1.807, 2.05) is 42.2 Å². The molecular formula is C23H28N2O3. The van der Waals surface area contributed by atoms with E-state index in [0.29, 0.717) is 12.2 Å². The van der Waals surface area contributed by atoms with Gasteiger partial charge in [0.2, 0.25) is 0 Å². The fourth-order valence-corrected chi connectivity index (χ4v) is 4.16. The zero-order valence-electron chi connectivity index (χ0n) is 16.5. The molecule has 28 heavy (non-hydrogen) atoms. The lowest BCUT2D eigenvalue weighted by molar-refractivity contribution is -0.154. The van der Waals surface area contributed by atoms with Crippen LogP contribution in [0.2, 0.25) is 0 Å². The molecule has 1 atom stereocenters. The maximum Gasteiger partial charge on any atom is 0.255 e. The van der Waals surface area contributed by atoms with Crippen LogP contribution in [0, 0.1) is 6.92 Å². The number of aryl methyl sites for hydroxylation is 1. The van der Waals surface area contributed by atoms with Crippen molar-refractivity contribution in [1.29, 1.82) is 0 Å². The van der Waals surface area contributed by atoms with Gasteiger partial charge in [0.15, 0.2) is 0 Å². The molecule has 0 aliphatic carbocycles. The molecule has 2 aliphatic rings. The molecule has 5 heteroatoms. The van der Waals surface area contributed by atoms with Crippen molar-refractivity contribution in [3.63, 3.8) is 0 Å². The Morgan fingerprint density at radius 3 is 2.71 bits per heavy atom. The molecule has 1 aromatic carbocycles. The number of aromatic nitrogens is 1. The van der Waals surface area contributed by atoms with Crippen LogP contribution in [0.1, 0.15) is 47.3 Å². The fourth-order valence-electron chi connectivity index (χ4n) is 4.16. The quantitative estimate of drug-likeness (QED) is 0.810. The van der Waals surface area contributed by atoms with Gasteiger partial charge in [0.1, 0.15) is 0 Å². The number of likely N-dealkylation sites (tertiary alicyclic amines) is 1. The average molecular weight is 380 g/mol. The molecule has 0 radical (unpaired) electrons. The van der Waals surface area contributed by atoms with E-state index in [2.05, 4.69) is 17.1 Å². The number of piperidine rings is 1. The van der Waals surface area contributed by atoms with E-state index in [4.69, 9.17) is 9.47 Å². The second-order valence-electron chi connectivity index (χ2n) is 7.92. The first-order valence-corrected chi connectivity index (χ1v) is 10.1. The number of nitrogens with zero attached hydrogens (tertiary/aromatic N) is 2. The molecule has 4 rings (SSSR count). The molecule has 2 aromatic rings. The summed E-state index contributed by atoms with van der Waals surface area (Å²) in [6, 6.07) is 14.0. The summed E-state index contributed by atoms with van der Waals surface area (Å²) in [7, 11) is 0. The van der Waals surface area contributed by atoms with Crippen molar-refractivity contribution in [3.8, 4) is 0 Å². The number of hydrogen-bond donors (Lipinski definition) is 0. The molecule has 2 fully saturated rings. The third-order valence-corrected chi connectivity index (χ3v) is 5.90. The van der Waals surface area contributed by atoms with Gasteiger partial charge in [-0.1, -0.05) is 30.3 Å². The molecule has 2 saturated heterocycles. The molecule has 0 saturated carbocycles. The Morgan fingerprint density at radius 2 is 2.00 bits per heavy atom. The summed E-state index contributed by atoms with van der Waals surface area (Å²) in [5, 5.41) is 0. The van der Waals surface area contributed by atoms with Gasteiger partial charge >= 0.3 is 0 Å². The van der Waals surface area contributed by atoms with Gasteiger partial charge in [-0.2, -0.15) is 0 Å². The summed E-state index contributed by atoms with van der Waals surface area (Å²) in [4.78, 5) is 18.9. The number of amides is 1. The molecular weight excluding hydrogens is 352 g/mol. The zero-order chi connectivity index (χ0) is 19.4. The highest BCUT2D eigenvalue weighted by Gasteiger charge is 2.41. The summed E-state index contributed by atoms with van der Waals surface area (Å²) < 4.78 is 12.4. The maximum atomic E-state index is 12.7. The highest BCUT2D eigenvalue weighted by Crippen LogP contribution is 2.36. The molecule has 1 amide bonds. The van der Waals surface area contributed by atoms with Gasteiger partial charge in [0, 0.05) is 38.0 Å². The summed E-state index contributed by atoms with van der Waals surface area (Å²) in [6.07, 6.45) is 5.47. The lowest BCUT2D eigenvalue weighted by atomic mass is 9.83. The Hall–Kier alpha value is -2.24. The van der Waals surface area contributed by atoms with E-state index in [1.165, 1.54) is 5.56 Å². The van der Waals surface area contributed by atoms with Crippen LogP contribution in [-0.4, -0.2) is 47.2 Å². The first-order valence-electron chi connectivity index (χ1n) is 10.1. The number of carbonyl (C=O) groups is 1. The van der Waals surface area contributed by atoms with Crippen LogP contribution >= 0.6 is 0 Å². The van der Waals surface area contributed by atoms with Gasteiger partial charge in [0.25, 0.3) is 5.91 Å². The number of hydrogen-bond acceptors (Lipinski definition) is 4. The topological polar surface area (TPSA) is 51.7 Å². The number of carbonyl (C=O) groups excluding carboxylic acids is 1. The second-order valence-corrected chi connectivity index (χ2v) is 7.92. The minimum absolute atomic E-state index is 0.0648. The van der Waals surface area contributed by atoms with Crippen molar-refractivity contribution in [3.05, 3.63) is 65.5 Å². The van der Waals surface area contributed by atoms with Crippen molar-refractivity contribution < 1.29 is 14.3 Å². The average Bonchev–Trinajstić information content (AvgIpc) is 2.74. The van der Waals surface area contributed by atoms with Crippen LogP contribution in [0.5, 0.6) is 0 Å². The second kappa shape index (κ2) is 8.41. The Bertz CT molecular complexity index is 783. The van der Waals surface area contributed by atoms with Gasteiger partial charge in [-0.15, -0.1) is 0 Å². The first-order chi connectivity index (χ1) is 13.6. The first kappa shape index (κ1) is 19.1. The highest BCUT2D eigenvalue weighted by molar-refractivity contribution is 5.94. The van der Waals surface area contributed by atoms with Crippen molar-refractivity contribution in [2.45, 2.75) is 50.9 Å².